The van der Waals surface area contributed by atoms with Gasteiger partial charge in [-0.3, -0.25) is 4.79 Å². The Morgan fingerprint density at radius 3 is 2.53 bits per heavy atom. The summed E-state index contributed by atoms with van der Waals surface area (Å²) in [7, 11) is 0. The molecule has 2 saturated heterocycles. The molecule has 3 N–H and O–H groups in total. The van der Waals surface area contributed by atoms with Crippen LogP contribution >= 0.6 is 0 Å². The summed E-state index contributed by atoms with van der Waals surface area (Å²) in [5.74, 6) is 1.41. The molecular weight excluding hydrogens is 484 g/mol. The van der Waals surface area contributed by atoms with Gasteiger partial charge in [-0.1, -0.05) is 0 Å². The molecule has 38 heavy (non-hydrogen) atoms. The molecule has 2 aromatic heterocycles. The molecule has 3 aromatic rings. The van der Waals surface area contributed by atoms with E-state index in [1.54, 1.807) is 6.33 Å². The van der Waals surface area contributed by atoms with Crippen LogP contribution in [0.2, 0.25) is 0 Å². The average molecular weight is 521 g/mol. The first-order chi connectivity index (χ1) is 18.6. The van der Waals surface area contributed by atoms with Crippen LogP contribution in [-0.2, 0) is 16.1 Å². The molecular formula is C27H36N8O3. The molecule has 11 heteroatoms. The van der Waals surface area contributed by atoms with Crippen molar-refractivity contribution in [3.05, 3.63) is 30.6 Å². The van der Waals surface area contributed by atoms with Gasteiger partial charge in [-0.25, -0.2) is 4.98 Å². The second kappa shape index (κ2) is 11.1. The van der Waals surface area contributed by atoms with Gasteiger partial charge in [0.2, 0.25) is 11.9 Å². The number of carbonyl (C=O) groups is 1. The van der Waals surface area contributed by atoms with Crippen LogP contribution in [0, 0.1) is 0 Å². The lowest BCUT2D eigenvalue weighted by Crippen LogP contribution is -2.36. The quantitative estimate of drug-likeness (QED) is 0.412. The van der Waals surface area contributed by atoms with Gasteiger partial charge in [0.15, 0.2) is 17.0 Å². The van der Waals surface area contributed by atoms with E-state index in [1.165, 1.54) is 5.69 Å². The Hall–Kier alpha value is -3.44. The van der Waals surface area contributed by atoms with Crippen molar-refractivity contribution in [2.45, 2.75) is 57.2 Å². The highest BCUT2D eigenvalue weighted by atomic mass is 16.5. The zero-order valence-corrected chi connectivity index (χ0v) is 21.7. The van der Waals surface area contributed by atoms with Crippen LogP contribution in [0.25, 0.3) is 11.2 Å². The van der Waals surface area contributed by atoms with Gasteiger partial charge >= 0.3 is 0 Å². The van der Waals surface area contributed by atoms with Gasteiger partial charge in [-0.2, -0.15) is 9.97 Å². The molecule has 4 heterocycles. The van der Waals surface area contributed by atoms with Crippen LogP contribution in [0.15, 0.2) is 30.6 Å². The fraction of sp³-hybridized carbons (Fsp3) is 0.556. The highest BCUT2D eigenvalue weighted by Crippen LogP contribution is 2.28. The molecule has 1 aliphatic carbocycles. The number of nitrogens with one attached hydrogen (secondary N) is 2. The number of aromatic nitrogens is 4. The molecule has 2 aliphatic heterocycles. The van der Waals surface area contributed by atoms with E-state index in [2.05, 4.69) is 44.8 Å². The van der Waals surface area contributed by atoms with Gasteiger partial charge in [-0.05, 0) is 56.4 Å². The Morgan fingerprint density at radius 1 is 1.00 bits per heavy atom. The third-order valence-corrected chi connectivity index (χ3v) is 7.78. The molecule has 6 rings (SSSR count). The number of hydrogen-bond acceptors (Lipinski definition) is 9. The Bertz CT molecular complexity index is 1250. The summed E-state index contributed by atoms with van der Waals surface area (Å²) in [6.07, 6.45) is 6.44. The molecule has 0 bridgehead atoms. The maximum absolute atomic E-state index is 12.1. The van der Waals surface area contributed by atoms with Crippen LogP contribution in [0.3, 0.4) is 0 Å². The molecule has 3 aliphatic rings. The summed E-state index contributed by atoms with van der Waals surface area (Å²) in [5, 5.41) is 16.9. The largest absolute Gasteiger partial charge is 0.393 e. The van der Waals surface area contributed by atoms with Crippen LogP contribution < -0.4 is 15.5 Å². The molecule has 11 nitrogen and oxygen atoms in total. The number of fused-ring (bicyclic) bond motifs is 1. The van der Waals surface area contributed by atoms with Gasteiger partial charge < -0.3 is 34.8 Å². The van der Waals surface area contributed by atoms with Gasteiger partial charge in [0.1, 0.15) is 0 Å². The van der Waals surface area contributed by atoms with Crippen LogP contribution in [-0.4, -0.2) is 87.0 Å². The third kappa shape index (κ3) is 5.53. The summed E-state index contributed by atoms with van der Waals surface area (Å²) >= 11 is 0. The lowest BCUT2D eigenvalue weighted by atomic mass is 9.93. The minimum absolute atomic E-state index is 0.216. The maximum atomic E-state index is 12.1. The fourth-order valence-electron chi connectivity index (χ4n) is 5.55. The monoisotopic (exact) mass is 520 g/mol. The molecule has 1 amide bonds. The van der Waals surface area contributed by atoms with Crippen molar-refractivity contribution in [2.75, 3.05) is 54.9 Å². The number of amides is 1. The van der Waals surface area contributed by atoms with E-state index < -0.39 is 0 Å². The van der Waals surface area contributed by atoms with Crippen molar-refractivity contribution >= 4 is 40.2 Å². The number of benzene rings is 1. The minimum atomic E-state index is -0.219. The number of anilines is 4. The number of likely N-dealkylation sites (tertiary alicyclic amines) is 1. The lowest BCUT2D eigenvalue weighted by Gasteiger charge is -2.29. The number of aliphatic hydroxyl groups excluding tert-OH is 1. The van der Waals surface area contributed by atoms with Crippen molar-refractivity contribution in [1.82, 2.24) is 24.4 Å². The number of nitrogens with zero attached hydrogens (tertiary/aromatic N) is 6. The topological polar surface area (TPSA) is 121 Å². The number of ether oxygens (including phenoxy) is 1. The molecule has 0 atom stereocenters. The molecule has 0 radical (unpaired) electrons. The zero-order valence-electron chi connectivity index (χ0n) is 21.7. The Morgan fingerprint density at radius 2 is 1.79 bits per heavy atom. The SMILES string of the molecule is O=C1CCCN1CCn1cnc2c(Nc3ccc(N4CCOCC4)cc3)nc(NC3CCC(O)CC3)nc21. The number of imidazole rings is 1. The smallest absolute Gasteiger partial charge is 0.227 e. The lowest BCUT2D eigenvalue weighted by molar-refractivity contribution is -0.127. The zero-order chi connectivity index (χ0) is 25.9. The second-order valence-corrected chi connectivity index (χ2v) is 10.4. The van der Waals surface area contributed by atoms with E-state index in [-0.39, 0.29) is 18.1 Å². The van der Waals surface area contributed by atoms with Crippen LogP contribution in [0.5, 0.6) is 0 Å². The molecule has 0 spiro atoms. The van der Waals surface area contributed by atoms with Gasteiger partial charge in [0, 0.05) is 56.6 Å². The van der Waals surface area contributed by atoms with Crippen molar-refractivity contribution < 1.29 is 14.6 Å². The third-order valence-electron chi connectivity index (χ3n) is 7.78. The average Bonchev–Trinajstić information content (AvgIpc) is 3.55. The molecule has 1 aromatic carbocycles. The van der Waals surface area contributed by atoms with E-state index in [1.807, 2.05) is 9.47 Å². The van der Waals surface area contributed by atoms with Gasteiger partial charge in [0.05, 0.1) is 25.6 Å². The first kappa shape index (κ1) is 24.9. The summed E-state index contributed by atoms with van der Waals surface area (Å²) in [6.45, 7) is 5.38. The van der Waals surface area contributed by atoms with E-state index >= 15 is 0 Å². The van der Waals surface area contributed by atoms with Crippen molar-refractivity contribution in [3.63, 3.8) is 0 Å². The van der Waals surface area contributed by atoms with Gasteiger partial charge in [-0.15, -0.1) is 0 Å². The fourth-order valence-corrected chi connectivity index (χ4v) is 5.55. The van der Waals surface area contributed by atoms with Crippen molar-refractivity contribution in [3.8, 4) is 0 Å². The normalized spacial score (nSPS) is 22.3. The number of carbonyl (C=O) groups excluding carboxylic acids is 1. The maximum Gasteiger partial charge on any atom is 0.227 e. The summed E-state index contributed by atoms with van der Waals surface area (Å²) in [4.78, 5) is 30.7. The number of aliphatic hydroxyl groups is 1. The predicted molar refractivity (Wildman–Crippen MR) is 146 cm³/mol. The molecule has 0 unspecified atom stereocenters. The number of morpholine rings is 1. The summed E-state index contributed by atoms with van der Waals surface area (Å²) < 4.78 is 7.48. The number of rotatable bonds is 8. The standard InChI is InChI=1S/C27H36N8O3/c36-22-9-5-20(6-10-22)30-27-31-25(29-19-3-7-21(8-4-19)33-14-16-38-17-15-33)24-26(32-27)35(18-28-24)13-12-34-11-1-2-23(34)37/h3-4,7-8,18,20,22,36H,1-2,5-6,9-17H2,(H2,29,30,31,32). The van der Waals surface area contributed by atoms with E-state index in [9.17, 15) is 9.90 Å². The highest BCUT2D eigenvalue weighted by molar-refractivity contribution is 5.86. The second-order valence-electron chi connectivity index (χ2n) is 10.4. The first-order valence-corrected chi connectivity index (χ1v) is 13.8. The Balaban J connectivity index is 1.25. The predicted octanol–water partition coefficient (Wildman–Crippen LogP) is 2.74. The minimum Gasteiger partial charge on any atom is -0.393 e. The van der Waals surface area contributed by atoms with E-state index in [0.717, 1.165) is 76.3 Å². The van der Waals surface area contributed by atoms with E-state index in [0.29, 0.717) is 36.8 Å². The molecule has 1 saturated carbocycles. The Labute approximate surface area is 222 Å². The summed E-state index contributed by atoms with van der Waals surface area (Å²) in [6, 6.07) is 8.57. The summed E-state index contributed by atoms with van der Waals surface area (Å²) in [5.41, 5.74) is 3.53. The highest BCUT2D eigenvalue weighted by Gasteiger charge is 2.23. The first-order valence-electron chi connectivity index (χ1n) is 13.8. The van der Waals surface area contributed by atoms with Gasteiger partial charge in [0.25, 0.3) is 0 Å². The van der Waals surface area contributed by atoms with Crippen LogP contribution in [0.4, 0.5) is 23.1 Å². The molecule has 202 valence electrons. The molecule has 3 fully saturated rings. The van der Waals surface area contributed by atoms with E-state index in [4.69, 9.17) is 14.7 Å². The van der Waals surface area contributed by atoms with Crippen molar-refractivity contribution in [1.29, 1.82) is 0 Å². The van der Waals surface area contributed by atoms with Crippen LogP contribution in [0.1, 0.15) is 38.5 Å². The van der Waals surface area contributed by atoms with Crippen molar-refractivity contribution in [2.24, 2.45) is 0 Å². The number of hydrogen-bond donors (Lipinski definition) is 3. The Kier molecular flexibility index (Phi) is 7.28.